The maximum Gasteiger partial charge on any atom is 0.433 e. The van der Waals surface area contributed by atoms with Crippen molar-refractivity contribution >= 4 is 12.0 Å². The van der Waals surface area contributed by atoms with Crippen LogP contribution in [0.15, 0.2) is 12.1 Å². The van der Waals surface area contributed by atoms with Gasteiger partial charge in [-0.2, -0.15) is 13.2 Å². The van der Waals surface area contributed by atoms with Crippen LogP contribution in [0.2, 0.25) is 0 Å². The Balaban J connectivity index is 1.15. The summed E-state index contributed by atoms with van der Waals surface area (Å²) in [6.07, 6.45) is -1.16. The highest BCUT2D eigenvalue weighted by atomic mass is 19.4. The van der Waals surface area contributed by atoms with Gasteiger partial charge in [0, 0.05) is 24.9 Å². The molecule has 0 radical (unpaired) electrons. The molecule has 2 spiro atoms. The Hall–Kier alpha value is -2.39. The maximum atomic E-state index is 14.1. The molecule has 4 fully saturated rings. The van der Waals surface area contributed by atoms with Gasteiger partial charge in [0.1, 0.15) is 18.1 Å². The molecule has 2 saturated heterocycles. The smallest absolute Gasteiger partial charge is 0.433 e. The van der Waals surface area contributed by atoms with E-state index in [1.54, 1.807) is 0 Å². The molecule has 1 N–H and O–H groups in total. The third-order valence-electron chi connectivity index (χ3n) is 7.52. The van der Waals surface area contributed by atoms with Crippen LogP contribution < -0.4 is 5.32 Å². The van der Waals surface area contributed by atoms with E-state index in [-0.39, 0.29) is 28.9 Å². The summed E-state index contributed by atoms with van der Waals surface area (Å²) in [6.45, 7) is 1.49. The quantitative estimate of drug-likeness (QED) is 0.712. The van der Waals surface area contributed by atoms with E-state index in [4.69, 9.17) is 4.74 Å². The van der Waals surface area contributed by atoms with Crippen LogP contribution in [0.4, 0.5) is 22.4 Å². The van der Waals surface area contributed by atoms with Crippen molar-refractivity contribution in [3.8, 4) is 0 Å². The molecular weight excluding hydrogens is 418 g/mol. The zero-order chi connectivity index (χ0) is 22.0. The molecule has 10 heteroatoms. The Morgan fingerprint density at radius 2 is 1.84 bits per heavy atom. The number of alkyl carbamates (subject to hydrolysis) is 1. The first-order valence-corrected chi connectivity index (χ1v) is 10.6. The number of hydrogen-bond donors (Lipinski definition) is 1. The molecule has 31 heavy (non-hydrogen) atoms. The van der Waals surface area contributed by atoms with E-state index in [2.05, 4.69) is 10.3 Å². The van der Waals surface area contributed by atoms with Gasteiger partial charge in [-0.1, -0.05) is 0 Å². The zero-order valence-electron chi connectivity index (χ0n) is 16.8. The summed E-state index contributed by atoms with van der Waals surface area (Å²) in [7, 11) is 0. The van der Waals surface area contributed by atoms with Gasteiger partial charge >= 0.3 is 12.3 Å². The molecule has 3 heterocycles. The first kappa shape index (κ1) is 20.5. The highest BCUT2D eigenvalue weighted by Crippen LogP contribution is 2.57. The number of likely N-dealkylation sites (tertiary alicyclic amines) is 1. The van der Waals surface area contributed by atoms with Gasteiger partial charge in [0.25, 0.3) is 0 Å². The number of pyridine rings is 1. The second kappa shape index (κ2) is 6.80. The van der Waals surface area contributed by atoms with Crippen molar-refractivity contribution in [3.63, 3.8) is 0 Å². The SMILES string of the molecule is O=C1NC2(CO1)CC(C(=O)N1CCC3(CC1)CC(c1nc(C(F)(F)F)ccc1F)C3)C2. The first-order valence-electron chi connectivity index (χ1n) is 10.6. The van der Waals surface area contributed by atoms with E-state index >= 15 is 0 Å². The van der Waals surface area contributed by atoms with Crippen molar-refractivity contribution in [3.05, 3.63) is 29.3 Å². The second-order valence-corrected chi connectivity index (χ2v) is 9.58. The Kier molecular flexibility index (Phi) is 4.50. The van der Waals surface area contributed by atoms with E-state index in [9.17, 15) is 27.2 Å². The number of ether oxygens (including phenoxy) is 1. The van der Waals surface area contributed by atoms with Crippen LogP contribution in [0, 0.1) is 17.2 Å². The van der Waals surface area contributed by atoms with E-state index in [0.29, 0.717) is 51.4 Å². The number of rotatable bonds is 2. The summed E-state index contributed by atoms with van der Waals surface area (Å²) in [5.74, 6) is -1.04. The molecule has 0 bridgehead atoms. The lowest BCUT2D eigenvalue weighted by Crippen LogP contribution is -2.59. The molecule has 4 aliphatic rings. The number of amides is 2. The van der Waals surface area contributed by atoms with Crippen LogP contribution in [0.5, 0.6) is 0 Å². The predicted octanol–water partition coefficient (Wildman–Crippen LogP) is 3.61. The minimum Gasteiger partial charge on any atom is -0.447 e. The lowest BCUT2D eigenvalue weighted by molar-refractivity contribution is -0.144. The van der Waals surface area contributed by atoms with E-state index < -0.39 is 29.3 Å². The molecule has 2 aliphatic carbocycles. The van der Waals surface area contributed by atoms with Crippen molar-refractivity contribution in [1.29, 1.82) is 0 Å². The predicted molar refractivity (Wildman–Crippen MR) is 99.4 cm³/mol. The van der Waals surface area contributed by atoms with Gasteiger partial charge in [0.05, 0.1) is 11.2 Å². The Morgan fingerprint density at radius 1 is 1.16 bits per heavy atom. The van der Waals surface area contributed by atoms with Crippen molar-refractivity contribution in [2.45, 2.75) is 56.2 Å². The van der Waals surface area contributed by atoms with Crippen molar-refractivity contribution < 1.29 is 31.9 Å². The molecule has 0 aromatic carbocycles. The molecule has 0 atom stereocenters. The highest BCUT2D eigenvalue weighted by molar-refractivity contribution is 5.81. The van der Waals surface area contributed by atoms with Crippen LogP contribution in [0.3, 0.4) is 0 Å². The van der Waals surface area contributed by atoms with E-state index in [1.165, 1.54) is 0 Å². The maximum absolute atomic E-state index is 14.1. The van der Waals surface area contributed by atoms with Gasteiger partial charge in [0.15, 0.2) is 0 Å². The number of aromatic nitrogens is 1. The lowest BCUT2D eigenvalue weighted by Gasteiger charge is -2.53. The average molecular weight is 441 g/mol. The Morgan fingerprint density at radius 3 is 2.42 bits per heavy atom. The number of carbonyl (C=O) groups is 2. The molecule has 1 aromatic heterocycles. The number of carbonyl (C=O) groups excluding carboxylic acids is 2. The molecular formula is C21H23F4N3O3. The summed E-state index contributed by atoms with van der Waals surface area (Å²) in [4.78, 5) is 29.4. The van der Waals surface area contributed by atoms with Crippen molar-refractivity contribution in [2.24, 2.45) is 11.3 Å². The summed E-state index contributed by atoms with van der Waals surface area (Å²) >= 11 is 0. The number of piperidine rings is 1. The number of nitrogens with zero attached hydrogens (tertiary/aromatic N) is 2. The molecule has 1 aromatic rings. The fourth-order valence-electron chi connectivity index (χ4n) is 5.72. The van der Waals surface area contributed by atoms with Gasteiger partial charge in [-0.25, -0.2) is 14.2 Å². The summed E-state index contributed by atoms with van der Waals surface area (Å²) in [5, 5.41) is 2.79. The van der Waals surface area contributed by atoms with Crippen LogP contribution in [0.1, 0.15) is 55.8 Å². The van der Waals surface area contributed by atoms with E-state index in [0.717, 1.165) is 18.9 Å². The molecule has 2 amide bonds. The van der Waals surface area contributed by atoms with Crippen molar-refractivity contribution in [2.75, 3.05) is 19.7 Å². The van der Waals surface area contributed by atoms with Gasteiger partial charge < -0.3 is 15.0 Å². The van der Waals surface area contributed by atoms with Crippen LogP contribution in [0.25, 0.3) is 0 Å². The molecule has 2 saturated carbocycles. The Labute approximate surface area is 176 Å². The minimum atomic E-state index is -4.59. The topological polar surface area (TPSA) is 71.5 Å². The summed E-state index contributed by atoms with van der Waals surface area (Å²) < 4.78 is 57.8. The molecule has 6 nitrogen and oxygen atoms in total. The minimum absolute atomic E-state index is 0.0576. The monoisotopic (exact) mass is 441 g/mol. The van der Waals surface area contributed by atoms with Gasteiger partial charge in [-0.15, -0.1) is 0 Å². The average Bonchev–Trinajstić information content (AvgIpc) is 3.06. The third kappa shape index (κ3) is 3.53. The molecule has 5 rings (SSSR count). The molecule has 0 unspecified atom stereocenters. The Bertz CT molecular complexity index is 913. The number of cyclic esters (lactones) is 1. The third-order valence-corrected chi connectivity index (χ3v) is 7.52. The van der Waals surface area contributed by atoms with Crippen LogP contribution in [-0.2, 0) is 15.7 Å². The van der Waals surface area contributed by atoms with Gasteiger partial charge in [-0.3, -0.25) is 4.79 Å². The fraction of sp³-hybridized carbons (Fsp3) is 0.667. The summed E-state index contributed by atoms with van der Waals surface area (Å²) in [6, 6.07) is 1.52. The normalized spacial score (nSPS) is 25.2. The first-order chi connectivity index (χ1) is 14.6. The van der Waals surface area contributed by atoms with Gasteiger partial charge in [-0.05, 0) is 56.1 Å². The molecule has 2 aliphatic heterocycles. The number of halogens is 4. The lowest BCUT2D eigenvalue weighted by atomic mass is 9.56. The summed E-state index contributed by atoms with van der Waals surface area (Å²) in [5.41, 5.74) is -1.61. The second-order valence-electron chi connectivity index (χ2n) is 9.58. The zero-order valence-corrected chi connectivity index (χ0v) is 16.8. The molecule has 168 valence electrons. The van der Waals surface area contributed by atoms with Crippen molar-refractivity contribution in [1.82, 2.24) is 15.2 Å². The van der Waals surface area contributed by atoms with Crippen LogP contribution in [-0.4, -0.2) is 47.1 Å². The largest absolute Gasteiger partial charge is 0.447 e. The highest BCUT2D eigenvalue weighted by Gasteiger charge is 2.54. The van der Waals surface area contributed by atoms with Crippen LogP contribution >= 0.6 is 0 Å². The number of alkyl halides is 3. The standard InChI is InChI=1S/C21H23F4N3O3/c22-14-1-2-15(21(23,24)25)26-16(14)12-7-19(8-12)3-5-28(6-4-19)17(29)13-9-20(10-13)11-31-18(30)27-20/h1-2,12-13H,3-11H2,(H,27,30). The number of nitrogens with one attached hydrogen (secondary N) is 1. The fourth-order valence-corrected chi connectivity index (χ4v) is 5.72. The van der Waals surface area contributed by atoms with Gasteiger partial charge in [0.2, 0.25) is 5.91 Å². The van der Waals surface area contributed by atoms with E-state index in [1.807, 2.05) is 4.90 Å². The number of hydrogen-bond acceptors (Lipinski definition) is 4.